The molecule has 3 aromatic rings. The van der Waals surface area contributed by atoms with Gasteiger partial charge in [-0.3, -0.25) is 14.3 Å². The zero-order valence-corrected chi connectivity index (χ0v) is 19.0. The van der Waals surface area contributed by atoms with Crippen molar-refractivity contribution in [2.24, 2.45) is 0 Å². The molecule has 0 aliphatic rings. The number of Topliss-reactive ketones (excluding diaryl/α,β-unsaturated/α-hetero) is 1. The molecule has 9 heteroatoms. The second kappa shape index (κ2) is 9.84. The van der Waals surface area contributed by atoms with E-state index in [4.69, 9.17) is 16.3 Å². The highest BCUT2D eigenvalue weighted by Gasteiger charge is 2.15. The third kappa shape index (κ3) is 6.09. The summed E-state index contributed by atoms with van der Waals surface area (Å²) in [5.41, 5.74) is 2.16. The molecule has 2 N–H and O–H groups in total. The van der Waals surface area contributed by atoms with Crippen molar-refractivity contribution in [3.05, 3.63) is 82.9 Å². The minimum atomic E-state index is -3.81. The zero-order valence-electron chi connectivity index (χ0n) is 17.4. The van der Waals surface area contributed by atoms with E-state index < -0.39 is 15.9 Å². The van der Waals surface area contributed by atoms with Crippen LogP contribution < -0.4 is 14.8 Å². The Morgan fingerprint density at radius 2 is 1.69 bits per heavy atom. The number of rotatable bonds is 8. The van der Waals surface area contributed by atoms with Crippen LogP contribution in [0, 0.1) is 6.92 Å². The molecule has 32 heavy (non-hydrogen) atoms. The van der Waals surface area contributed by atoms with Crippen molar-refractivity contribution >= 4 is 44.7 Å². The third-order valence-electron chi connectivity index (χ3n) is 4.48. The number of benzene rings is 3. The maximum atomic E-state index is 12.6. The lowest BCUT2D eigenvalue weighted by Crippen LogP contribution is -2.20. The van der Waals surface area contributed by atoms with Crippen LogP contribution in [0.15, 0.2) is 71.6 Å². The molecule has 0 unspecified atom stereocenters. The molecule has 166 valence electrons. The van der Waals surface area contributed by atoms with E-state index in [9.17, 15) is 18.0 Å². The van der Waals surface area contributed by atoms with Crippen LogP contribution in [0.3, 0.4) is 0 Å². The number of halogens is 1. The Bertz CT molecular complexity index is 1260. The fourth-order valence-corrected chi connectivity index (χ4v) is 3.98. The predicted octanol–water partition coefficient (Wildman–Crippen LogP) is 4.67. The molecule has 0 aliphatic carbocycles. The number of aryl methyl sites for hydroxylation is 1. The first-order valence-corrected chi connectivity index (χ1v) is 11.4. The van der Waals surface area contributed by atoms with Gasteiger partial charge in [0.25, 0.3) is 15.9 Å². The number of amides is 1. The largest absolute Gasteiger partial charge is 0.484 e. The van der Waals surface area contributed by atoms with Gasteiger partial charge in [-0.25, -0.2) is 8.42 Å². The van der Waals surface area contributed by atoms with Crippen molar-refractivity contribution < 1.29 is 22.7 Å². The molecule has 0 atom stereocenters. The molecule has 0 heterocycles. The number of anilines is 2. The number of nitrogens with one attached hydrogen (secondary N) is 2. The number of hydrogen-bond acceptors (Lipinski definition) is 5. The van der Waals surface area contributed by atoms with Gasteiger partial charge in [-0.1, -0.05) is 29.8 Å². The number of carbonyl (C=O) groups excluding carboxylic acids is 2. The van der Waals surface area contributed by atoms with E-state index in [0.717, 1.165) is 5.56 Å². The smallest absolute Gasteiger partial charge is 0.262 e. The molecule has 7 nitrogen and oxygen atoms in total. The van der Waals surface area contributed by atoms with E-state index in [-0.39, 0.29) is 17.3 Å². The van der Waals surface area contributed by atoms with Crippen LogP contribution >= 0.6 is 11.6 Å². The summed E-state index contributed by atoms with van der Waals surface area (Å²) in [7, 11) is -3.81. The number of carbonyl (C=O) groups is 2. The summed E-state index contributed by atoms with van der Waals surface area (Å²) in [5, 5.41) is 3.10. The highest BCUT2D eigenvalue weighted by atomic mass is 35.5. The first-order chi connectivity index (χ1) is 15.1. The Labute approximate surface area is 191 Å². The van der Waals surface area contributed by atoms with Gasteiger partial charge in [0, 0.05) is 16.3 Å². The van der Waals surface area contributed by atoms with Crippen LogP contribution in [0.2, 0.25) is 5.02 Å². The van der Waals surface area contributed by atoms with Crippen molar-refractivity contribution in [1.82, 2.24) is 0 Å². The molecule has 0 fully saturated rings. The fraction of sp³-hybridized carbons (Fsp3) is 0.130. The fourth-order valence-electron chi connectivity index (χ4n) is 2.75. The molecule has 0 saturated carbocycles. The van der Waals surface area contributed by atoms with Crippen LogP contribution in [0.25, 0.3) is 0 Å². The van der Waals surface area contributed by atoms with Crippen molar-refractivity contribution in [2.75, 3.05) is 16.6 Å². The van der Waals surface area contributed by atoms with Crippen molar-refractivity contribution in [2.45, 2.75) is 18.7 Å². The van der Waals surface area contributed by atoms with Crippen LogP contribution in [0.5, 0.6) is 5.75 Å². The first kappa shape index (κ1) is 23.3. The SMILES string of the molecule is CC(=O)c1cccc(NC(=O)COc2ccc(S(=O)(=O)Nc3ccc(C)c(Cl)c3)cc2)c1. The maximum absolute atomic E-state index is 12.6. The van der Waals surface area contributed by atoms with Crippen molar-refractivity contribution in [3.63, 3.8) is 0 Å². The highest BCUT2D eigenvalue weighted by molar-refractivity contribution is 7.92. The average molecular weight is 473 g/mol. The summed E-state index contributed by atoms with van der Waals surface area (Å²) in [4.78, 5) is 23.6. The first-order valence-electron chi connectivity index (χ1n) is 9.57. The number of hydrogen-bond donors (Lipinski definition) is 2. The van der Waals surface area contributed by atoms with Gasteiger partial charge in [-0.15, -0.1) is 0 Å². The lowest BCUT2D eigenvalue weighted by molar-refractivity contribution is -0.118. The van der Waals surface area contributed by atoms with Gasteiger partial charge in [0.05, 0.1) is 10.6 Å². The average Bonchev–Trinajstić information content (AvgIpc) is 2.75. The Morgan fingerprint density at radius 1 is 0.969 bits per heavy atom. The maximum Gasteiger partial charge on any atom is 0.262 e. The minimum Gasteiger partial charge on any atom is -0.484 e. The molecule has 0 aromatic heterocycles. The molecule has 3 rings (SSSR count). The van der Waals surface area contributed by atoms with Gasteiger partial charge in [0.15, 0.2) is 12.4 Å². The lowest BCUT2D eigenvalue weighted by Gasteiger charge is -2.11. The topological polar surface area (TPSA) is 102 Å². The summed E-state index contributed by atoms with van der Waals surface area (Å²) in [5.74, 6) is -0.192. The molecule has 0 spiro atoms. The number of ether oxygens (including phenoxy) is 1. The number of ketones is 1. The van der Waals surface area contributed by atoms with Gasteiger partial charge in [0.2, 0.25) is 0 Å². The standard InChI is InChI=1S/C23H21ClN2O5S/c1-15-6-7-19(13-22(15)24)26-32(29,30)21-10-8-20(9-11-21)31-14-23(28)25-18-5-3-4-17(12-18)16(2)27/h3-13,26H,14H2,1-2H3,(H,25,28). The summed E-state index contributed by atoms with van der Waals surface area (Å²) in [6, 6.07) is 17.1. The summed E-state index contributed by atoms with van der Waals surface area (Å²) >= 11 is 6.04. The van der Waals surface area contributed by atoms with Gasteiger partial charge in [-0.05, 0) is 67.9 Å². The van der Waals surface area contributed by atoms with E-state index in [0.29, 0.717) is 27.7 Å². The van der Waals surface area contributed by atoms with Crippen LogP contribution in [-0.2, 0) is 14.8 Å². The van der Waals surface area contributed by atoms with E-state index >= 15 is 0 Å². The van der Waals surface area contributed by atoms with Gasteiger partial charge < -0.3 is 10.1 Å². The zero-order chi connectivity index (χ0) is 23.3. The molecule has 0 radical (unpaired) electrons. The second-order valence-corrected chi connectivity index (χ2v) is 9.10. The second-order valence-electron chi connectivity index (χ2n) is 7.01. The Balaban J connectivity index is 1.59. The molecule has 0 bridgehead atoms. The van der Waals surface area contributed by atoms with Crippen LogP contribution in [0.1, 0.15) is 22.8 Å². The van der Waals surface area contributed by atoms with E-state index in [1.54, 1.807) is 36.4 Å². The molecule has 0 saturated heterocycles. The predicted molar refractivity (Wildman–Crippen MR) is 124 cm³/mol. The lowest BCUT2D eigenvalue weighted by atomic mass is 10.1. The Hall–Kier alpha value is -3.36. The van der Waals surface area contributed by atoms with Gasteiger partial charge >= 0.3 is 0 Å². The molecule has 0 aliphatic heterocycles. The minimum absolute atomic E-state index is 0.0343. The van der Waals surface area contributed by atoms with Crippen molar-refractivity contribution in [1.29, 1.82) is 0 Å². The summed E-state index contributed by atoms with van der Waals surface area (Å²) < 4.78 is 33.0. The normalized spacial score (nSPS) is 11.0. The van der Waals surface area contributed by atoms with E-state index in [1.165, 1.54) is 37.3 Å². The Kier molecular flexibility index (Phi) is 7.17. The quantitative estimate of drug-likeness (QED) is 0.464. The summed E-state index contributed by atoms with van der Waals surface area (Å²) in [6.07, 6.45) is 0. The van der Waals surface area contributed by atoms with E-state index in [2.05, 4.69) is 10.0 Å². The van der Waals surface area contributed by atoms with Gasteiger partial charge in [-0.2, -0.15) is 0 Å². The molecule has 3 aromatic carbocycles. The third-order valence-corrected chi connectivity index (χ3v) is 6.29. The van der Waals surface area contributed by atoms with Gasteiger partial charge in [0.1, 0.15) is 5.75 Å². The number of sulfonamides is 1. The molecule has 1 amide bonds. The highest BCUT2D eigenvalue weighted by Crippen LogP contribution is 2.23. The molecular formula is C23H21ClN2O5S. The molecular weight excluding hydrogens is 452 g/mol. The van der Waals surface area contributed by atoms with Crippen molar-refractivity contribution in [3.8, 4) is 5.75 Å². The van der Waals surface area contributed by atoms with Crippen LogP contribution in [-0.4, -0.2) is 26.7 Å². The monoisotopic (exact) mass is 472 g/mol. The Morgan fingerprint density at radius 3 is 2.34 bits per heavy atom. The summed E-state index contributed by atoms with van der Waals surface area (Å²) in [6.45, 7) is 2.98. The van der Waals surface area contributed by atoms with Crippen LogP contribution in [0.4, 0.5) is 11.4 Å². The van der Waals surface area contributed by atoms with E-state index in [1.807, 2.05) is 6.92 Å².